The lowest BCUT2D eigenvalue weighted by Gasteiger charge is -2.20. The second kappa shape index (κ2) is 6.73. The molecule has 1 aliphatic rings. The summed E-state index contributed by atoms with van der Waals surface area (Å²) in [6.07, 6.45) is 0.963. The fourth-order valence-electron chi connectivity index (χ4n) is 2.18. The van der Waals surface area contributed by atoms with Crippen LogP contribution in [0.15, 0.2) is 24.3 Å². The number of hydrogen-bond acceptors (Lipinski definition) is 4. The van der Waals surface area contributed by atoms with Gasteiger partial charge in [-0.1, -0.05) is 18.2 Å². The van der Waals surface area contributed by atoms with E-state index >= 15 is 0 Å². The van der Waals surface area contributed by atoms with E-state index in [0.717, 1.165) is 30.9 Å². The third-order valence-corrected chi connectivity index (χ3v) is 3.26. The lowest BCUT2D eigenvalue weighted by Crippen LogP contribution is -2.20. The van der Waals surface area contributed by atoms with Crippen molar-refractivity contribution in [3.05, 3.63) is 29.8 Å². The van der Waals surface area contributed by atoms with Crippen LogP contribution in [0.5, 0.6) is 5.75 Å². The summed E-state index contributed by atoms with van der Waals surface area (Å²) >= 11 is 0. The van der Waals surface area contributed by atoms with Crippen LogP contribution in [0.1, 0.15) is 18.1 Å². The van der Waals surface area contributed by atoms with Crippen LogP contribution in [-0.4, -0.2) is 33.5 Å². The molecule has 0 aliphatic carbocycles. The number of hydrogen-bond donors (Lipinski definition) is 1. The third kappa shape index (κ3) is 3.22. The molecule has 0 radical (unpaired) electrons. The van der Waals surface area contributed by atoms with E-state index in [2.05, 4.69) is 0 Å². The lowest BCUT2D eigenvalue weighted by atomic mass is 10.1. The topological polar surface area (TPSA) is 53.7 Å². The Bertz CT molecular complexity index is 364. The van der Waals surface area contributed by atoms with Crippen molar-refractivity contribution < 1.29 is 14.2 Å². The number of methoxy groups -OCH3 is 1. The summed E-state index contributed by atoms with van der Waals surface area (Å²) < 4.78 is 16.6. The molecule has 1 aliphatic heterocycles. The SMILES string of the molecule is COc1ccccc1C(CN)OCC1CCOC1. The monoisotopic (exact) mass is 251 g/mol. The van der Waals surface area contributed by atoms with Gasteiger partial charge in [-0.15, -0.1) is 0 Å². The summed E-state index contributed by atoms with van der Waals surface area (Å²) in [4.78, 5) is 0. The Kier molecular flexibility index (Phi) is 4.99. The summed E-state index contributed by atoms with van der Waals surface area (Å²) in [5.74, 6) is 1.32. The van der Waals surface area contributed by atoms with E-state index in [-0.39, 0.29) is 6.10 Å². The van der Waals surface area contributed by atoms with E-state index in [1.54, 1.807) is 7.11 Å². The molecule has 1 aromatic rings. The van der Waals surface area contributed by atoms with Crippen LogP contribution in [0, 0.1) is 5.92 Å². The van der Waals surface area contributed by atoms with E-state index < -0.39 is 0 Å². The van der Waals surface area contributed by atoms with Gasteiger partial charge in [-0.3, -0.25) is 0 Å². The maximum absolute atomic E-state index is 5.92. The molecule has 4 heteroatoms. The highest BCUT2D eigenvalue weighted by Crippen LogP contribution is 2.27. The molecule has 0 aromatic heterocycles. The first-order valence-corrected chi connectivity index (χ1v) is 6.37. The molecule has 2 unspecified atom stereocenters. The number of nitrogens with two attached hydrogens (primary N) is 1. The third-order valence-electron chi connectivity index (χ3n) is 3.26. The minimum absolute atomic E-state index is 0.109. The number of ether oxygens (including phenoxy) is 3. The van der Waals surface area contributed by atoms with Gasteiger partial charge in [0.15, 0.2) is 0 Å². The zero-order valence-electron chi connectivity index (χ0n) is 10.8. The average Bonchev–Trinajstić information content (AvgIpc) is 2.93. The Hall–Kier alpha value is -1.10. The van der Waals surface area contributed by atoms with Gasteiger partial charge >= 0.3 is 0 Å². The zero-order valence-corrected chi connectivity index (χ0v) is 10.8. The number of rotatable bonds is 6. The predicted molar refractivity (Wildman–Crippen MR) is 69.7 cm³/mol. The highest BCUT2D eigenvalue weighted by Gasteiger charge is 2.20. The van der Waals surface area contributed by atoms with Crippen LogP contribution in [0.3, 0.4) is 0 Å². The van der Waals surface area contributed by atoms with Crippen LogP contribution >= 0.6 is 0 Å². The van der Waals surface area contributed by atoms with Gasteiger partial charge in [-0.25, -0.2) is 0 Å². The van der Waals surface area contributed by atoms with Crippen LogP contribution in [0.25, 0.3) is 0 Å². The van der Waals surface area contributed by atoms with E-state index in [4.69, 9.17) is 19.9 Å². The summed E-state index contributed by atoms with van der Waals surface area (Å²) in [6, 6.07) is 7.85. The van der Waals surface area contributed by atoms with E-state index in [1.807, 2.05) is 24.3 Å². The van der Waals surface area contributed by atoms with Crippen molar-refractivity contribution >= 4 is 0 Å². The van der Waals surface area contributed by atoms with Crippen molar-refractivity contribution in [2.24, 2.45) is 11.7 Å². The zero-order chi connectivity index (χ0) is 12.8. The van der Waals surface area contributed by atoms with E-state index in [0.29, 0.717) is 19.1 Å². The minimum atomic E-state index is -0.109. The van der Waals surface area contributed by atoms with Gasteiger partial charge in [-0.05, 0) is 12.5 Å². The van der Waals surface area contributed by atoms with Crippen molar-refractivity contribution in [3.8, 4) is 5.75 Å². The molecule has 0 saturated carbocycles. The molecule has 2 N–H and O–H groups in total. The van der Waals surface area contributed by atoms with Crippen LogP contribution in [-0.2, 0) is 9.47 Å². The lowest BCUT2D eigenvalue weighted by molar-refractivity contribution is 0.0289. The Morgan fingerprint density at radius 1 is 1.44 bits per heavy atom. The summed E-state index contributed by atoms with van der Waals surface area (Å²) in [7, 11) is 1.66. The first-order chi connectivity index (χ1) is 8.85. The maximum atomic E-state index is 5.92. The second-order valence-corrected chi connectivity index (χ2v) is 4.53. The quantitative estimate of drug-likeness (QED) is 0.837. The van der Waals surface area contributed by atoms with Crippen molar-refractivity contribution in [3.63, 3.8) is 0 Å². The molecule has 1 saturated heterocycles. The molecular weight excluding hydrogens is 230 g/mol. The Balaban J connectivity index is 1.98. The van der Waals surface area contributed by atoms with Gasteiger partial charge in [0.25, 0.3) is 0 Å². The Labute approximate surface area is 108 Å². The fraction of sp³-hybridized carbons (Fsp3) is 0.571. The standard InChI is InChI=1S/C14H21NO3/c1-16-13-5-3-2-4-12(13)14(8-15)18-10-11-6-7-17-9-11/h2-5,11,14H,6-10,15H2,1H3. The summed E-state index contributed by atoms with van der Waals surface area (Å²) in [6.45, 7) is 2.78. The van der Waals surface area contributed by atoms with Gasteiger partial charge in [-0.2, -0.15) is 0 Å². The molecule has 0 bridgehead atoms. The van der Waals surface area contributed by atoms with Crippen LogP contribution < -0.4 is 10.5 Å². The van der Waals surface area contributed by atoms with Gasteiger partial charge in [0.2, 0.25) is 0 Å². The normalized spacial score (nSPS) is 20.9. The largest absolute Gasteiger partial charge is 0.496 e. The molecule has 1 fully saturated rings. The number of para-hydroxylation sites is 1. The molecule has 2 atom stereocenters. The van der Waals surface area contributed by atoms with Gasteiger partial charge in [0.05, 0.1) is 26.4 Å². The first kappa shape index (κ1) is 13.3. The first-order valence-electron chi connectivity index (χ1n) is 6.37. The van der Waals surface area contributed by atoms with E-state index in [1.165, 1.54) is 0 Å². The molecule has 18 heavy (non-hydrogen) atoms. The van der Waals surface area contributed by atoms with Crippen LogP contribution in [0.4, 0.5) is 0 Å². The molecular formula is C14H21NO3. The maximum Gasteiger partial charge on any atom is 0.124 e. The van der Waals surface area contributed by atoms with Crippen molar-refractivity contribution in [2.45, 2.75) is 12.5 Å². The molecule has 0 spiro atoms. The minimum Gasteiger partial charge on any atom is -0.496 e. The summed E-state index contributed by atoms with van der Waals surface area (Å²) in [5, 5.41) is 0. The van der Waals surface area contributed by atoms with Gasteiger partial charge in [0, 0.05) is 24.6 Å². The smallest absolute Gasteiger partial charge is 0.124 e. The second-order valence-electron chi connectivity index (χ2n) is 4.53. The van der Waals surface area contributed by atoms with Gasteiger partial charge in [0.1, 0.15) is 5.75 Å². The molecule has 1 aromatic carbocycles. The van der Waals surface area contributed by atoms with Crippen molar-refractivity contribution in [1.29, 1.82) is 0 Å². The Morgan fingerprint density at radius 2 is 2.28 bits per heavy atom. The highest BCUT2D eigenvalue weighted by molar-refractivity contribution is 5.35. The van der Waals surface area contributed by atoms with Gasteiger partial charge < -0.3 is 19.9 Å². The molecule has 2 rings (SSSR count). The highest BCUT2D eigenvalue weighted by atomic mass is 16.5. The number of benzene rings is 1. The summed E-state index contributed by atoms with van der Waals surface area (Å²) in [5.41, 5.74) is 6.82. The van der Waals surface area contributed by atoms with Crippen molar-refractivity contribution in [2.75, 3.05) is 33.5 Å². The fourth-order valence-corrected chi connectivity index (χ4v) is 2.18. The predicted octanol–water partition coefficient (Wildman–Crippen LogP) is 1.75. The van der Waals surface area contributed by atoms with Crippen molar-refractivity contribution in [1.82, 2.24) is 0 Å². The van der Waals surface area contributed by atoms with E-state index in [9.17, 15) is 0 Å². The average molecular weight is 251 g/mol. The Morgan fingerprint density at radius 3 is 2.94 bits per heavy atom. The molecule has 4 nitrogen and oxygen atoms in total. The molecule has 1 heterocycles. The van der Waals surface area contributed by atoms with Crippen LogP contribution in [0.2, 0.25) is 0 Å². The molecule has 0 amide bonds. The molecule has 100 valence electrons.